The number of rotatable bonds is 6. The number of nitrogens with two attached hydrogens (primary N) is 2. The Bertz CT molecular complexity index is 116. The molecule has 0 aromatic rings. The Hall–Kier alpha value is 0.0569. The maximum absolute atomic E-state index is 5.79. The highest BCUT2D eigenvalue weighted by Gasteiger charge is 2.40. The largest absolute Gasteiger partial charge is 0.393 e. The van der Waals surface area contributed by atoms with Gasteiger partial charge in [-0.15, -0.1) is 0 Å². The lowest BCUT2D eigenvalue weighted by Gasteiger charge is -2.31. The Balaban J connectivity index is 4.28. The van der Waals surface area contributed by atoms with Crippen LogP contribution in [0, 0.1) is 0 Å². The summed E-state index contributed by atoms with van der Waals surface area (Å²) in [5.74, 6) is 0. The maximum atomic E-state index is 5.79. The summed E-state index contributed by atoms with van der Waals surface area (Å²) in [5, 5.41) is 0. The Morgan fingerprint density at radius 3 is 1.83 bits per heavy atom. The first kappa shape index (κ1) is 12.1. The van der Waals surface area contributed by atoms with Crippen LogP contribution in [0.2, 0.25) is 0 Å². The fourth-order valence-corrected chi connectivity index (χ4v) is 3.29. The minimum absolute atomic E-state index is 0.0811. The van der Waals surface area contributed by atoms with Crippen molar-refractivity contribution in [2.24, 2.45) is 11.5 Å². The fraction of sp³-hybridized carbons (Fsp3) is 1.00. The maximum Gasteiger partial charge on any atom is 0.369 e. The first-order valence-corrected chi connectivity index (χ1v) is 6.46. The van der Waals surface area contributed by atoms with Gasteiger partial charge >= 0.3 is 8.56 Å². The van der Waals surface area contributed by atoms with E-state index in [2.05, 4.69) is 0 Å². The predicted octanol–water partition coefficient (Wildman–Crippen LogP) is -0.114. The highest BCUT2D eigenvalue weighted by Crippen LogP contribution is 2.09. The van der Waals surface area contributed by atoms with Gasteiger partial charge < -0.3 is 20.3 Å². The minimum Gasteiger partial charge on any atom is -0.393 e. The highest BCUT2D eigenvalue weighted by molar-refractivity contribution is 6.69. The van der Waals surface area contributed by atoms with Crippen LogP contribution in [0.1, 0.15) is 20.8 Å². The molecular weight excluding hydrogens is 172 g/mol. The molecule has 0 aromatic carbocycles. The van der Waals surface area contributed by atoms with E-state index in [1.165, 1.54) is 0 Å². The molecule has 0 aromatic heterocycles. The molecule has 4 N–H and O–H groups in total. The van der Waals surface area contributed by atoms with E-state index in [0.29, 0.717) is 19.4 Å². The molecule has 0 spiro atoms. The van der Waals surface area contributed by atoms with Crippen molar-refractivity contribution >= 4 is 8.56 Å². The lowest BCUT2D eigenvalue weighted by Crippen LogP contribution is -2.61. The van der Waals surface area contributed by atoms with E-state index < -0.39 is 8.56 Å². The average Bonchev–Trinajstić information content (AvgIpc) is 2.03. The van der Waals surface area contributed by atoms with Crippen molar-refractivity contribution in [3.63, 3.8) is 0 Å². The Morgan fingerprint density at radius 1 is 1.25 bits per heavy atom. The summed E-state index contributed by atoms with van der Waals surface area (Å²) in [6, 6.07) is 0. The summed E-state index contributed by atoms with van der Waals surface area (Å²) in [7, 11) is -2.29. The molecule has 0 bridgehead atoms. The van der Waals surface area contributed by atoms with Crippen LogP contribution in [0.5, 0.6) is 0 Å². The third-order valence-electron chi connectivity index (χ3n) is 1.76. The van der Waals surface area contributed by atoms with Crippen LogP contribution in [-0.4, -0.2) is 33.6 Å². The molecule has 0 radical (unpaired) electrons. The zero-order valence-electron chi connectivity index (χ0n) is 8.17. The summed E-state index contributed by atoms with van der Waals surface area (Å²) in [4.78, 5) is 0. The van der Waals surface area contributed by atoms with Gasteiger partial charge in [-0.05, 0) is 20.8 Å². The molecule has 0 rings (SSSR count). The normalized spacial score (nSPS) is 14.8. The van der Waals surface area contributed by atoms with Gasteiger partial charge in [0, 0.05) is 25.0 Å². The van der Waals surface area contributed by atoms with E-state index in [1.54, 1.807) is 0 Å². The molecule has 1 atom stereocenters. The van der Waals surface area contributed by atoms with Gasteiger partial charge in [-0.2, -0.15) is 0 Å². The molecule has 0 saturated heterocycles. The van der Waals surface area contributed by atoms with E-state index in [0.717, 1.165) is 0 Å². The highest BCUT2D eigenvalue weighted by atomic mass is 28.4. The minimum atomic E-state index is -2.29. The molecule has 0 amide bonds. The zero-order valence-corrected chi connectivity index (χ0v) is 9.17. The molecule has 0 saturated carbocycles. The topological polar surface area (TPSA) is 70.5 Å². The van der Waals surface area contributed by atoms with Gasteiger partial charge in [0.15, 0.2) is 0 Å². The Labute approximate surface area is 75.5 Å². The molecule has 1 unspecified atom stereocenters. The molecule has 0 heterocycles. The van der Waals surface area contributed by atoms with Crippen molar-refractivity contribution < 1.29 is 8.85 Å². The second kappa shape index (κ2) is 5.66. The van der Waals surface area contributed by atoms with Crippen molar-refractivity contribution in [3.05, 3.63) is 0 Å². The molecule has 0 aliphatic carbocycles. The van der Waals surface area contributed by atoms with Gasteiger partial charge in [0.05, 0.1) is 0 Å². The first-order valence-electron chi connectivity index (χ1n) is 4.36. The second-order valence-corrected chi connectivity index (χ2v) is 6.19. The van der Waals surface area contributed by atoms with Crippen LogP contribution in [-0.2, 0) is 8.85 Å². The van der Waals surface area contributed by atoms with Crippen LogP contribution in [0.4, 0.5) is 0 Å². The van der Waals surface area contributed by atoms with Gasteiger partial charge in [-0.25, -0.2) is 0 Å². The SMILES string of the molecule is CCO[Si](CN)(OCC)C(C)N. The van der Waals surface area contributed by atoms with Gasteiger partial charge in [0.2, 0.25) is 0 Å². The van der Waals surface area contributed by atoms with Crippen LogP contribution in [0.25, 0.3) is 0 Å². The van der Waals surface area contributed by atoms with Crippen molar-refractivity contribution in [3.8, 4) is 0 Å². The van der Waals surface area contributed by atoms with Gasteiger partial charge in [-0.1, -0.05) is 0 Å². The van der Waals surface area contributed by atoms with Crippen molar-refractivity contribution in [2.75, 3.05) is 19.4 Å². The number of hydrogen-bond acceptors (Lipinski definition) is 4. The predicted molar refractivity (Wildman–Crippen MR) is 51.7 cm³/mol. The van der Waals surface area contributed by atoms with Crippen LogP contribution < -0.4 is 11.5 Å². The summed E-state index contributed by atoms with van der Waals surface area (Å²) in [6.07, 6.45) is 0.423. The molecule has 0 fully saturated rings. The van der Waals surface area contributed by atoms with Gasteiger partial charge in [0.25, 0.3) is 0 Å². The lowest BCUT2D eigenvalue weighted by molar-refractivity contribution is 0.176. The summed E-state index contributed by atoms with van der Waals surface area (Å²) >= 11 is 0. The fourth-order valence-electron chi connectivity index (χ4n) is 1.10. The molecule has 4 nitrogen and oxygen atoms in total. The Kier molecular flexibility index (Phi) is 5.69. The van der Waals surface area contributed by atoms with E-state index in [9.17, 15) is 0 Å². The summed E-state index contributed by atoms with van der Waals surface area (Å²) < 4.78 is 11.1. The number of hydrogen-bond donors (Lipinski definition) is 2. The zero-order chi connectivity index (χ0) is 9.61. The molecule has 0 aliphatic rings. The molecule has 74 valence electrons. The standard InChI is InChI=1S/C7H20N2O2Si/c1-4-10-12(6-8,7(3)9)11-5-2/h7H,4-6,8-9H2,1-3H3. The first-order chi connectivity index (χ1) is 5.63. The van der Waals surface area contributed by atoms with Gasteiger partial charge in [0.1, 0.15) is 0 Å². The quantitative estimate of drug-likeness (QED) is 0.576. The third-order valence-corrected chi connectivity index (χ3v) is 5.27. The van der Waals surface area contributed by atoms with E-state index in [4.69, 9.17) is 20.3 Å². The molecule has 12 heavy (non-hydrogen) atoms. The lowest BCUT2D eigenvalue weighted by atomic mass is 10.8. The monoisotopic (exact) mass is 192 g/mol. The molecule has 5 heteroatoms. The molecular formula is C7H20N2O2Si. The van der Waals surface area contributed by atoms with Crippen molar-refractivity contribution in [2.45, 2.75) is 26.4 Å². The Morgan fingerprint density at radius 2 is 1.67 bits per heavy atom. The summed E-state index contributed by atoms with van der Waals surface area (Å²) in [6.45, 7) is 6.98. The third kappa shape index (κ3) is 2.84. The van der Waals surface area contributed by atoms with Crippen molar-refractivity contribution in [1.29, 1.82) is 0 Å². The smallest absolute Gasteiger partial charge is 0.369 e. The van der Waals surface area contributed by atoms with E-state index >= 15 is 0 Å². The second-order valence-electron chi connectivity index (χ2n) is 2.67. The van der Waals surface area contributed by atoms with E-state index in [-0.39, 0.29) is 5.67 Å². The van der Waals surface area contributed by atoms with Crippen LogP contribution in [0.3, 0.4) is 0 Å². The van der Waals surface area contributed by atoms with Crippen LogP contribution in [0.15, 0.2) is 0 Å². The van der Waals surface area contributed by atoms with Gasteiger partial charge in [-0.3, -0.25) is 0 Å². The summed E-state index contributed by atoms with van der Waals surface area (Å²) in [5.41, 5.74) is 11.3. The molecule has 0 aliphatic heterocycles. The average molecular weight is 192 g/mol. The van der Waals surface area contributed by atoms with Crippen molar-refractivity contribution in [1.82, 2.24) is 0 Å². The van der Waals surface area contributed by atoms with Crippen LogP contribution >= 0.6 is 0 Å². The van der Waals surface area contributed by atoms with E-state index in [1.807, 2.05) is 20.8 Å².